The maximum Gasteiger partial charge on any atom is 0.312 e. The minimum atomic E-state index is -1.99. The number of hydrogen-bond donors (Lipinski definition) is 6. The molecule has 328 valence electrons. The minimum Gasteiger partial charge on any atom is -0.507 e. The number of nitrogens with one attached hydrogen (secondary N) is 1. The molecule has 1 saturated heterocycles. The highest BCUT2D eigenvalue weighted by atomic mass is 16.7. The summed E-state index contributed by atoms with van der Waals surface area (Å²) in [6, 6.07) is 0. The lowest BCUT2D eigenvalue weighted by atomic mass is 9.77. The number of esters is 1. The van der Waals surface area contributed by atoms with Gasteiger partial charge in [-0.3, -0.25) is 24.3 Å². The zero-order chi connectivity index (χ0) is 44.4. The van der Waals surface area contributed by atoms with Gasteiger partial charge >= 0.3 is 11.8 Å². The fraction of sp³-hybridized carbons (Fsp3) is 0.556. The molecule has 0 radical (unpaired) electrons. The van der Waals surface area contributed by atoms with E-state index in [1.165, 1.54) is 46.2 Å². The van der Waals surface area contributed by atoms with E-state index in [9.17, 15) is 39.9 Å². The summed E-state index contributed by atoms with van der Waals surface area (Å²) in [6.07, 6.45) is 7.22. The number of aliphatic hydroxyl groups excluding tert-OH is 2. The largest absolute Gasteiger partial charge is 0.507 e. The lowest BCUT2D eigenvalue weighted by Gasteiger charge is -2.37. The molecule has 1 amide bonds. The van der Waals surface area contributed by atoms with Gasteiger partial charge in [-0.2, -0.15) is 5.10 Å². The van der Waals surface area contributed by atoms with E-state index >= 15 is 0 Å². The minimum absolute atomic E-state index is 0.0666. The summed E-state index contributed by atoms with van der Waals surface area (Å²) in [7, 11) is 0. The third-order valence-corrected chi connectivity index (χ3v) is 12.4. The van der Waals surface area contributed by atoms with Gasteiger partial charge in [-0.25, -0.2) is 0 Å². The Morgan fingerprint density at radius 2 is 1.60 bits per heavy atom. The van der Waals surface area contributed by atoms with Crippen molar-refractivity contribution >= 4 is 40.3 Å². The SMILES string of the molecule is CCCN1CCN(/N=C/c2c3c(O)c4c(O)c(C)c5c(c4c2O)C(=O)[C@@](C)(O/C=C/[C@H](C)[C@@H](C)[C@@H](OC(C)=O)[C@H](C)[C@H](O)[C@H](C)[C@@H](O)[C@@H](C)/C=C/C=C(/C)C(=O)N3)O5)CC1. The van der Waals surface area contributed by atoms with Crippen molar-refractivity contribution in [1.29, 1.82) is 0 Å². The number of aromatic hydroxyl groups is 3. The summed E-state index contributed by atoms with van der Waals surface area (Å²) in [5.41, 5.74) is -0.243. The van der Waals surface area contributed by atoms with Crippen LogP contribution in [0.25, 0.3) is 10.8 Å². The second-order valence-electron chi connectivity index (χ2n) is 16.8. The lowest BCUT2D eigenvalue weighted by Crippen LogP contribution is -2.45. The number of nitrogens with zero attached hydrogens (tertiary/aromatic N) is 3. The number of rotatable bonds is 5. The van der Waals surface area contributed by atoms with Gasteiger partial charge in [-0.05, 0) is 44.7 Å². The first-order chi connectivity index (χ1) is 28.2. The van der Waals surface area contributed by atoms with Crippen molar-refractivity contribution < 1.29 is 54.1 Å². The van der Waals surface area contributed by atoms with Crippen LogP contribution in [0.4, 0.5) is 5.69 Å². The first-order valence-electron chi connectivity index (χ1n) is 20.8. The topological polar surface area (TPSA) is 211 Å². The van der Waals surface area contributed by atoms with Gasteiger partial charge in [0.15, 0.2) is 5.75 Å². The number of hydrogen-bond acceptors (Lipinski definition) is 14. The number of hydrazone groups is 1. The van der Waals surface area contributed by atoms with Crippen LogP contribution in [0.2, 0.25) is 0 Å². The molecule has 0 unspecified atom stereocenters. The summed E-state index contributed by atoms with van der Waals surface area (Å²) >= 11 is 0. The third kappa shape index (κ3) is 9.13. The van der Waals surface area contributed by atoms with Crippen molar-refractivity contribution in [3.05, 3.63) is 52.8 Å². The fourth-order valence-corrected chi connectivity index (χ4v) is 8.27. The van der Waals surface area contributed by atoms with E-state index in [2.05, 4.69) is 22.2 Å². The smallest absolute Gasteiger partial charge is 0.312 e. The Kier molecular flexibility index (Phi) is 14.3. The van der Waals surface area contributed by atoms with Crippen LogP contribution in [0.15, 0.2) is 41.2 Å². The molecule has 9 atom stereocenters. The molecule has 0 aromatic heterocycles. The van der Waals surface area contributed by atoms with Crippen LogP contribution in [0.3, 0.4) is 0 Å². The van der Waals surface area contributed by atoms with Crippen LogP contribution in [0.5, 0.6) is 23.0 Å². The average molecular weight is 835 g/mol. The Balaban J connectivity index is 1.67. The molecule has 1 fully saturated rings. The van der Waals surface area contributed by atoms with Gasteiger partial charge in [-0.1, -0.05) is 59.8 Å². The van der Waals surface area contributed by atoms with Crippen molar-refractivity contribution in [2.75, 3.05) is 38.0 Å². The van der Waals surface area contributed by atoms with Crippen LogP contribution in [-0.4, -0.2) is 116 Å². The van der Waals surface area contributed by atoms with E-state index in [4.69, 9.17) is 14.2 Å². The number of ether oxygens (including phenoxy) is 3. The van der Waals surface area contributed by atoms with E-state index in [0.717, 1.165) is 26.1 Å². The summed E-state index contributed by atoms with van der Waals surface area (Å²) in [5, 5.41) is 67.1. The number of carbonyl (C=O) groups is 3. The zero-order valence-electron chi connectivity index (χ0n) is 36.4. The Morgan fingerprint density at radius 1 is 0.933 bits per heavy atom. The maximum atomic E-state index is 14.4. The van der Waals surface area contributed by atoms with E-state index in [1.807, 2.05) is 18.9 Å². The van der Waals surface area contributed by atoms with Crippen LogP contribution < -0.4 is 10.1 Å². The van der Waals surface area contributed by atoms with Crippen molar-refractivity contribution in [2.24, 2.45) is 34.7 Å². The van der Waals surface area contributed by atoms with Crippen molar-refractivity contribution in [3.8, 4) is 23.0 Å². The summed E-state index contributed by atoms with van der Waals surface area (Å²) in [6.45, 7) is 20.4. The normalized spacial score (nSPS) is 31.7. The molecule has 4 aliphatic heterocycles. The third-order valence-electron chi connectivity index (χ3n) is 12.4. The number of ketones is 1. The van der Waals surface area contributed by atoms with E-state index in [0.29, 0.717) is 13.1 Å². The van der Waals surface area contributed by atoms with Crippen molar-refractivity contribution in [3.63, 3.8) is 0 Å². The lowest BCUT2D eigenvalue weighted by molar-refractivity contribution is -0.158. The number of fused-ring (bicyclic) bond motifs is 14. The summed E-state index contributed by atoms with van der Waals surface area (Å²) in [4.78, 5) is 42.8. The van der Waals surface area contributed by atoms with Crippen LogP contribution in [0, 0.1) is 36.5 Å². The molecule has 5 bridgehead atoms. The molecular weight excluding hydrogens is 773 g/mol. The molecular formula is C45H62N4O11. The highest BCUT2D eigenvalue weighted by molar-refractivity contribution is 6.23. The number of amides is 1. The second-order valence-corrected chi connectivity index (χ2v) is 16.8. The number of piperazine rings is 1. The number of phenols is 3. The number of phenolic OH excluding ortho intramolecular Hbond substituents is 3. The number of aliphatic hydroxyl groups is 2. The molecule has 2 aromatic carbocycles. The van der Waals surface area contributed by atoms with Gasteiger partial charge in [-0.15, -0.1) is 0 Å². The standard InChI is InChI=1S/C45H62N4O11/c1-11-16-48-17-19-49(20-18-48)46-22-31-35-40(55)33-32(39(31)54)34-42(29(8)38(33)53)60-45(10,43(34)56)58-21-15-23(2)26(5)41(59-30(9)50)28(7)37(52)27(6)36(51)24(3)13-12-14-25(4)44(57)47-35/h12-15,21-24,26-28,36-37,41,51-55H,11,16-20H2,1-10H3,(H,47,57)/b13-12+,21-15+,25-14-,46-22+/t23-,24-,26+,27+,28+,36-,37+,41+,45-/m0/s1. The predicted molar refractivity (Wildman–Crippen MR) is 228 cm³/mol. The zero-order valence-corrected chi connectivity index (χ0v) is 36.4. The molecule has 4 heterocycles. The van der Waals surface area contributed by atoms with Gasteiger partial charge in [0.1, 0.15) is 23.4 Å². The fourth-order valence-electron chi connectivity index (χ4n) is 8.27. The maximum absolute atomic E-state index is 14.4. The van der Waals surface area contributed by atoms with Gasteiger partial charge in [0.05, 0.1) is 46.9 Å². The molecule has 15 nitrogen and oxygen atoms in total. The Labute approximate surface area is 352 Å². The average Bonchev–Trinajstić information content (AvgIpc) is 3.47. The number of carbonyl (C=O) groups excluding carboxylic acids is 3. The highest BCUT2D eigenvalue weighted by Crippen LogP contribution is 2.55. The summed E-state index contributed by atoms with van der Waals surface area (Å²) in [5.74, 6) is -8.08. The highest BCUT2D eigenvalue weighted by Gasteiger charge is 2.50. The van der Waals surface area contributed by atoms with Crippen molar-refractivity contribution in [1.82, 2.24) is 9.91 Å². The second kappa shape index (κ2) is 18.7. The first-order valence-corrected chi connectivity index (χ1v) is 20.8. The number of anilines is 1. The Morgan fingerprint density at radius 3 is 2.23 bits per heavy atom. The predicted octanol–water partition coefficient (Wildman–Crippen LogP) is 5.74. The number of benzene rings is 2. The van der Waals surface area contributed by atoms with Gasteiger partial charge in [0.25, 0.3) is 11.7 Å². The summed E-state index contributed by atoms with van der Waals surface area (Å²) < 4.78 is 17.9. The Bertz CT molecular complexity index is 2090. The van der Waals surface area contributed by atoms with Gasteiger partial charge in [0, 0.05) is 74.3 Å². The molecule has 2 aromatic rings. The van der Waals surface area contributed by atoms with E-state index in [-0.39, 0.29) is 56.3 Å². The van der Waals surface area contributed by atoms with Gasteiger partial charge in [0.2, 0.25) is 0 Å². The quantitative estimate of drug-likeness (QED) is 0.0921. The molecule has 6 rings (SSSR count). The molecule has 60 heavy (non-hydrogen) atoms. The van der Waals surface area contributed by atoms with Crippen LogP contribution in [0.1, 0.15) is 90.2 Å². The van der Waals surface area contributed by atoms with Gasteiger partial charge < -0.3 is 45.1 Å². The van der Waals surface area contributed by atoms with Crippen LogP contribution in [-0.2, 0) is 19.1 Å². The monoisotopic (exact) mass is 834 g/mol. The van der Waals surface area contributed by atoms with E-state index in [1.54, 1.807) is 39.0 Å². The molecule has 4 aliphatic rings. The number of allylic oxidation sites excluding steroid dienone is 3. The molecule has 0 spiro atoms. The van der Waals surface area contributed by atoms with Crippen LogP contribution >= 0.6 is 0 Å². The molecule has 15 heteroatoms. The Hall–Kier alpha value is -5.12. The van der Waals surface area contributed by atoms with Crippen molar-refractivity contribution in [2.45, 2.75) is 99.8 Å². The molecule has 6 N–H and O–H groups in total. The number of Topliss-reactive ketones (excluding diaryl/α,β-unsaturated/α-hetero) is 1. The van der Waals surface area contributed by atoms with E-state index < -0.39 is 76.8 Å². The molecule has 0 saturated carbocycles. The first kappa shape index (κ1) is 46.0. The molecule has 0 aliphatic carbocycles.